The molecular weight excluding hydrogens is 362 g/mol. The first kappa shape index (κ1) is 16.0. The average Bonchev–Trinajstić information content (AvgIpc) is 3.20. The maximum absolute atomic E-state index is 12.5. The Morgan fingerprint density at radius 3 is 3.04 bits per heavy atom. The third-order valence-electron chi connectivity index (χ3n) is 4.88. The molecule has 0 unspecified atom stereocenters. The van der Waals surface area contributed by atoms with Crippen LogP contribution in [-0.2, 0) is 18.6 Å². The lowest BCUT2D eigenvalue weighted by Gasteiger charge is -2.06. The van der Waals surface area contributed by atoms with E-state index in [1.54, 1.807) is 23.1 Å². The van der Waals surface area contributed by atoms with Crippen LogP contribution in [0.2, 0.25) is 0 Å². The Balaban J connectivity index is 1.46. The Morgan fingerprint density at radius 2 is 2.12 bits per heavy atom. The summed E-state index contributed by atoms with van der Waals surface area (Å²) in [6.07, 6.45) is 3.25. The van der Waals surface area contributed by atoms with Gasteiger partial charge in [0.2, 0.25) is 0 Å². The fraction of sp³-hybridized carbons (Fsp3) is 0.250. The van der Waals surface area contributed by atoms with Gasteiger partial charge in [0.1, 0.15) is 10.7 Å². The van der Waals surface area contributed by atoms with Crippen LogP contribution in [0.4, 0.5) is 0 Å². The number of nitrogens with zero attached hydrogens (tertiary/aromatic N) is 2. The van der Waals surface area contributed by atoms with Gasteiger partial charge in [-0.3, -0.25) is 4.79 Å². The summed E-state index contributed by atoms with van der Waals surface area (Å²) in [5.41, 5.74) is 3.45. The quantitative estimate of drug-likeness (QED) is 0.528. The minimum Gasteiger partial charge on any atom is -0.309 e. The van der Waals surface area contributed by atoms with Crippen molar-refractivity contribution in [2.24, 2.45) is 0 Å². The van der Waals surface area contributed by atoms with Crippen molar-refractivity contribution in [3.63, 3.8) is 0 Å². The number of thiophene rings is 1. The first-order chi connectivity index (χ1) is 12.7. The van der Waals surface area contributed by atoms with Crippen molar-refractivity contribution >= 4 is 44.2 Å². The predicted molar refractivity (Wildman–Crippen MR) is 108 cm³/mol. The zero-order valence-corrected chi connectivity index (χ0v) is 16.0. The Hall–Kier alpha value is -2.18. The van der Waals surface area contributed by atoms with E-state index in [0.29, 0.717) is 5.75 Å². The standard InChI is InChI=1S/C20H17N3OS2/c1-11-9-17(21-14-7-3-2-5-12(11)14)25-10-16-22-19(24)18-13-6-4-8-15(13)26-20(18)23-16/h2-3,5,7,9H,4,6,8,10H2,1H3,(H,22,23,24). The van der Waals surface area contributed by atoms with Gasteiger partial charge in [-0.05, 0) is 49.4 Å². The van der Waals surface area contributed by atoms with Gasteiger partial charge in [0.05, 0.1) is 21.7 Å². The van der Waals surface area contributed by atoms with Crippen molar-refractivity contribution < 1.29 is 0 Å². The van der Waals surface area contributed by atoms with E-state index < -0.39 is 0 Å². The Morgan fingerprint density at radius 1 is 1.23 bits per heavy atom. The monoisotopic (exact) mass is 379 g/mol. The van der Waals surface area contributed by atoms with E-state index in [9.17, 15) is 4.79 Å². The topological polar surface area (TPSA) is 58.6 Å². The van der Waals surface area contributed by atoms with Crippen molar-refractivity contribution in [3.05, 3.63) is 62.5 Å². The minimum atomic E-state index is 0.00708. The molecule has 26 heavy (non-hydrogen) atoms. The molecule has 1 aliphatic carbocycles. The summed E-state index contributed by atoms with van der Waals surface area (Å²) in [6, 6.07) is 10.3. The number of para-hydroxylation sites is 1. The molecule has 0 bridgehead atoms. The molecule has 3 aromatic heterocycles. The van der Waals surface area contributed by atoms with Crippen LogP contribution in [0.15, 0.2) is 40.2 Å². The van der Waals surface area contributed by atoms with Crippen molar-refractivity contribution in [1.29, 1.82) is 0 Å². The summed E-state index contributed by atoms with van der Waals surface area (Å²) in [5.74, 6) is 1.33. The number of pyridine rings is 1. The molecule has 4 nitrogen and oxygen atoms in total. The number of benzene rings is 1. The number of nitrogens with one attached hydrogen (secondary N) is 1. The molecule has 0 saturated carbocycles. The van der Waals surface area contributed by atoms with E-state index in [1.165, 1.54) is 21.4 Å². The second-order valence-electron chi connectivity index (χ2n) is 6.63. The molecule has 0 saturated heterocycles. The molecule has 1 N–H and O–H groups in total. The fourth-order valence-electron chi connectivity index (χ4n) is 3.65. The van der Waals surface area contributed by atoms with E-state index in [0.717, 1.165) is 45.8 Å². The van der Waals surface area contributed by atoms with Crippen molar-refractivity contribution in [1.82, 2.24) is 15.0 Å². The molecule has 0 aliphatic heterocycles. The lowest BCUT2D eigenvalue weighted by Crippen LogP contribution is -2.11. The van der Waals surface area contributed by atoms with E-state index in [-0.39, 0.29) is 5.56 Å². The molecule has 130 valence electrons. The van der Waals surface area contributed by atoms with Crippen LogP contribution in [0.3, 0.4) is 0 Å². The van der Waals surface area contributed by atoms with E-state index in [2.05, 4.69) is 24.0 Å². The summed E-state index contributed by atoms with van der Waals surface area (Å²) in [7, 11) is 0. The SMILES string of the molecule is Cc1cc(SCc2nc3sc4c(c3c(=O)[nH]2)CCC4)nc2ccccc12. The molecule has 0 fully saturated rings. The molecular formula is C20H17N3OS2. The van der Waals surface area contributed by atoms with Gasteiger partial charge in [0, 0.05) is 10.3 Å². The normalized spacial score (nSPS) is 13.6. The van der Waals surface area contributed by atoms with Crippen LogP contribution in [-0.4, -0.2) is 15.0 Å². The van der Waals surface area contributed by atoms with Gasteiger partial charge in [0.25, 0.3) is 5.56 Å². The summed E-state index contributed by atoms with van der Waals surface area (Å²) in [4.78, 5) is 27.2. The number of hydrogen-bond donors (Lipinski definition) is 1. The van der Waals surface area contributed by atoms with E-state index >= 15 is 0 Å². The third-order valence-corrected chi connectivity index (χ3v) is 6.99. The summed E-state index contributed by atoms with van der Waals surface area (Å²) < 4.78 is 0. The summed E-state index contributed by atoms with van der Waals surface area (Å²) in [5, 5.41) is 2.95. The van der Waals surface area contributed by atoms with E-state index in [1.807, 2.05) is 18.2 Å². The number of aromatic nitrogens is 3. The van der Waals surface area contributed by atoms with Crippen LogP contribution in [0.5, 0.6) is 0 Å². The Kier molecular flexibility index (Phi) is 3.83. The first-order valence-corrected chi connectivity index (χ1v) is 10.5. The molecule has 0 amide bonds. The number of H-pyrrole nitrogens is 1. The number of rotatable bonds is 3. The van der Waals surface area contributed by atoms with Crippen LogP contribution >= 0.6 is 23.1 Å². The zero-order chi connectivity index (χ0) is 17.7. The number of thioether (sulfide) groups is 1. The lowest BCUT2D eigenvalue weighted by molar-refractivity contribution is 0.916. The molecule has 3 heterocycles. The van der Waals surface area contributed by atoms with Crippen LogP contribution < -0.4 is 5.56 Å². The highest BCUT2D eigenvalue weighted by atomic mass is 32.2. The van der Waals surface area contributed by atoms with Crippen LogP contribution in [0, 0.1) is 6.92 Å². The highest BCUT2D eigenvalue weighted by Gasteiger charge is 2.21. The van der Waals surface area contributed by atoms with Crippen molar-refractivity contribution in [2.75, 3.05) is 0 Å². The molecule has 1 aliphatic rings. The van der Waals surface area contributed by atoms with Gasteiger partial charge in [-0.2, -0.15) is 0 Å². The van der Waals surface area contributed by atoms with Crippen LogP contribution in [0.25, 0.3) is 21.1 Å². The number of hydrogen-bond acceptors (Lipinski definition) is 5. The minimum absolute atomic E-state index is 0.00708. The Bertz CT molecular complexity index is 1210. The number of aryl methyl sites for hydroxylation is 3. The largest absolute Gasteiger partial charge is 0.309 e. The molecule has 1 aromatic carbocycles. The predicted octanol–water partition coefficient (Wildman–Crippen LogP) is 4.62. The number of aromatic amines is 1. The Labute approximate surface area is 158 Å². The van der Waals surface area contributed by atoms with Gasteiger partial charge in [-0.1, -0.05) is 30.0 Å². The van der Waals surface area contributed by atoms with Crippen LogP contribution in [0.1, 0.15) is 28.2 Å². The maximum atomic E-state index is 12.5. The maximum Gasteiger partial charge on any atom is 0.259 e. The summed E-state index contributed by atoms with van der Waals surface area (Å²) >= 11 is 3.30. The average molecular weight is 380 g/mol. The van der Waals surface area contributed by atoms with Gasteiger partial charge >= 0.3 is 0 Å². The van der Waals surface area contributed by atoms with Crippen molar-refractivity contribution in [2.45, 2.75) is 37.0 Å². The molecule has 0 spiro atoms. The van der Waals surface area contributed by atoms with Gasteiger partial charge in [-0.15, -0.1) is 11.3 Å². The smallest absolute Gasteiger partial charge is 0.259 e. The highest BCUT2D eigenvalue weighted by Crippen LogP contribution is 2.34. The molecule has 4 aromatic rings. The molecule has 0 radical (unpaired) electrons. The fourth-order valence-corrected chi connectivity index (χ4v) is 5.78. The molecule has 0 atom stereocenters. The third kappa shape index (κ3) is 2.64. The van der Waals surface area contributed by atoms with Gasteiger partial charge in [0.15, 0.2) is 0 Å². The second kappa shape index (κ2) is 6.21. The second-order valence-corrected chi connectivity index (χ2v) is 8.71. The highest BCUT2D eigenvalue weighted by molar-refractivity contribution is 7.98. The summed E-state index contributed by atoms with van der Waals surface area (Å²) in [6.45, 7) is 2.10. The van der Waals surface area contributed by atoms with Crippen molar-refractivity contribution in [3.8, 4) is 0 Å². The van der Waals surface area contributed by atoms with Gasteiger partial charge < -0.3 is 4.98 Å². The molecule has 5 rings (SSSR count). The lowest BCUT2D eigenvalue weighted by atomic mass is 10.1. The number of fused-ring (bicyclic) bond motifs is 4. The zero-order valence-electron chi connectivity index (χ0n) is 14.3. The first-order valence-electron chi connectivity index (χ1n) is 8.71. The molecule has 6 heteroatoms. The van der Waals surface area contributed by atoms with Gasteiger partial charge in [-0.25, -0.2) is 9.97 Å². The van der Waals surface area contributed by atoms with E-state index in [4.69, 9.17) is 9.97 Å².